The molecular weight excluding hydrogens is 438 g/mol. The summed E-state index contributed by atoms with van der Waals surface area (Å²) in [5, 5.41) is 3.03. The van der Waals surface area contributed by atoms with E-state index in [1.807, 2.05) is 42.5 Å². The van der Waals surface area contributed by atoms with E-state index in [1.165, 1.54) is 0 Å². The molecule has 1 aromatic heterocycles. The van der Waals surface area contributed by atoms with Crippen LogP contribution in [0.15, 0.2) is 66.7 Å². The van der Waals surface area contributed by atoms with Crippen molar-refractivity contribution in [3.63, 3.8) is 0 Å². The number of carbonyl (C=O) groups excluding carboxylic acids is 1. The highest BCUT2D eigenvalue weighted by Crippen LogP contribution is 2.23. The number of nitrogens with one attached hydrogen (secondary N) is 1. The van der Waals surface area contributed by atoms with E-state index < -0.39 is 0 Å². The number of benzene rings is 3. The Morgan fingerprint density at radius 2 is 1.71 bits per heavy atom. The molecule has 6 heteroatoms. The number of para-hydroxylation sites is 3. The molecule has 0 unspecified atom stereocenters. The predicted octanol–water partition coefficient (Wildman–Crippen LogP) is 5.03. The number of ether oxygens (including phenoxy) is 2. The standard InChI is InChI=1S/C29H33N3O3/c1-21-8-6-9-22(2)29(21)35-19-18-32-26-11-5-4-10-25(26)31-27(32)12-7-17-30-28(33)20-23-13-15-24(34-3)16-14-23/h4-6,8-11,13-16H,7,12,17-20H2,1-3H3,(H,30,33). The van der Waals surface area contributed by atoms with E-state index in [9.17, 15) is 4.79 Å². The van der Waals surface area contributed by atoms with Crippen LogP contribution >= 0.6 is 0 Å². The van der Waals surface area contributed by atoms with Crippen LogP contribution < -0.4 is 14.8 Å². The molecule has 0 bridgehead atoms. The smallest absolute Gasteiger partial charge is 0.224 e. The number of fused-ring (bicyclic) bond motifs is 1. The molecule has 1 N–H and O–H groups in total. The lowest BCUT2D eigenvalue weighted by atomic mass is 10.1. The lowest BCUT2D eigenvalue weighted by Crippen LogP contribution is -2.26. The van der Waals surface area contributed by atoms with Crippen LogP contribution in [0.5, 0.6) is 11.5 Å². The van der Waals surface area contributed by atoms with Crippen molar-refractivity contribution in [3.8, 4) is 11.5 Å². The third kappa shape index (κ3) is 6.21. The highest BCUT2D eigenvalue weighted by molar-refractivity contribution is 5.78. The quantitative estimate of drug-likeness (QED) is 0.312. The first-order chi connectivity index (χ1) is 17.0. The molecular formula is C29H33N3O3. The summed E-state index contributed by atoms with van der Waals surface area (Å²) in [6.07, 6.45) is 1.95. The minimum absolute atomic E-state index is 0.0191. The molecule has 4 rings (SSSR count). The lowest BCUT2D eigenvalue weighted by Gasteiger charge is -2.14. The second-order valence-corrected chi connectivity index (χ2v) is 8.72. The van der Waals surface area contributed by atoms with E-state index >= 15 is 0 Å². The first-order valence-corrected chi connectivity index (χ1v) is 12.1. The van der Waals surface area contributed by atoms with Crippen molar-refractivity contribution >= 4 is 16.9 Å². The third-order valence-electron chi connectivity index (χ3n) is 6.13. The topological polar surface area (TPSA) is 65.4 Å². The number of carbonyl (C=O) groups is 1. The van der Waals surface area contributed by atoms with Gasteiger partial charge in [-0.25, -0.2) is 4.98 Å². The Balaban J connectivity index is 1.33. The van der Waals surface area contributed by atoms with Crippen LogP contribution in [0.2, 0.25) is 0 Å². The molecule has 0 atom stereocenters. The van der Waals surface area contributed by atoms with Gasteiger partial charge in [0.25, 0.3) is 0 Å². The van der Waals surface area contributed by atoms with Crippen LogP contribution in [0.4, 0.5) is 0 Å². The molecule has 4 aromatic rings. The average molecular weight is 472 g/mol. The summed E-state index contributed by atoms with van der Waals surface area (Å²) in [5.74, 6) is 2.78. The van der Waals surface area contributed by atoms with E-state index in [1.54, 1.807) is 7.11 Å². The first-order valence-electron chi connectivity index (χ1n) is 12.1. The summed E-state index contributed by atoms with van der Waals surface area (Å²) in [6, 6.07) is 22.0. The Morgan fingerprint density at radius 1 is 0.971 bits per heavy atom. The van der Waals surface area contributed by atoms with Crippen LogP contribution in [-0.4, -0.2) is 35.7 Å². The maximum atomic E-state index is 12.3. The fraction of sp³-hybridized carbons (Fsp3) is 0.310. The fourth-order valence-electron chi connectivity index (χ4n) is 4.30. The Kier molecular flexibility index (Phi) is 8.03. The van der Waals surface area contributed by atoms with Gasteiger partial charge in [0.15, 0.2) is 0 Å². The molecule has 0 fully saturated rings. The Bertz CT molecular complexity index is 1260. The van der Waals surface area contributed by atoms with Crippen LogP contribution in [0.3, 0.4) is 0 Å². The SMILES string of the molecule is COc1ccc(CC(=O)NCCCc2nc3ccccc3n2CCOc2c(C)cccc2C)cc1. The zero-order chi connectivity index (χ0) is 24.6. The molecule has 0 aliphatic heterocycles. The Labute approximate surface area is 206 Å². The molecule has 0 saturated carbocycles. The van der Waals surface area contributed by atoms with Crippen molar-refractivity contribution in [2.45, 2.75) is 39.7 Å². The number of hydrogen-bond acceptors (Lipinski definition) is 4. The van der Waals surface area contributed by atoms with Crippen molar-refractivity contribution in [2.24, 2.45) is 0 Å². The zero-order valence-electron chi connectivity index (χ0n) is 20.7. The van der Waals surface area contributed by atoms with Crippen LogP contribution in [0.25, 0.3) is 11.0 Å². The van der Waals surface area contributed by atoms with Crippen molar-refractivity contribution in [1.29, 1.82) is 0 Å². The molecule has 35 heavy (non-hydrogen) atoms. The normalized spacial score (nSPS) is 10.9. The molecule has 0 spiro atoms. The molecule has 0 aliphatic carbocycles. The van der Waals surface area contributed by atoms with Crippen molar-refractivity contribution < 1.29 is 14.3 Å². The zero-order valence-corrected chi connectivity index (χ0v) is 20.7. The largest absolute Gasteiger partial charge is 0.497 e. The van der Waals surface area contributed by atoms with Gasteiger partial charge in [-0.2, -0.15) is 0 Å². The second kappa shape index (κ2) is 11.6. The van der Waals surface area contributed by atoms with E-state index in [4.69, 9.17) is 14.5 Å². The van der Waals surface area contributed by atoms with E-state index in [-0.39, 0.29) is 5.91 Å². The summed E-state index contributed by atoms with van der Waals surface area (Å²) in [6.45, 7) is 6.04. The van der Waals surface area contributed by atoms with Crippen LogP contribution in [0, 0.1) is 13.8 Å². The van der Waals surface area contributed by atoms with E-state index in [2.05, 4.69) is 48.0 Å². The van der Waals surface area contributed by atoms with E-state index in [0.717, 1.165) is 57.9 Å². The molecule has 6 nitrogen and oxygen atoms in total. The molecule has 182 valence electrons. The summed E-state index contributed by atoms with van der Waals surface area (Å²) >= 11 is 0. The number of aryl methyl sites for hydroxylation is 3. The minimum atomic E-state index is 0.0191. The molecule has 0 radical (unpaired) electrons. The number of imidazole rings is 1. The van der Waals surface area contributed by atoms with Crippen molar-refractivity contribution in [2.75, 3.05) is 20.3 Å². The predicted molar refractivity (Wildman–Crippen MR) is 139 cm³/mol. The highest BCUT2D eigenvalue weighted by Gasteiger charge is 2.12. The Morgan fingerprint density at radius 3 is 2.46 bits per heavy atom. The maximum Gasteiger partial charge on any atom is 0.224 e. The highest BCUT2D eigenvalue weighted by atomic mass is 16.5. The lowest BCUT2D eigenvalue weighted by molar-refractivity contribution is -0.120. The van der Waals surface area contributed by atoms with Gasteiger partial charge in [-0.1, -0.05) is 42.5 Å². The maximum absolute atomic E-state index is 12.3. The number of amides is 1. The Hall–Kier alpha value is -3.80. The molecule has 1 heterocycles. The van der Waals surface area contributed by atoms with Gasteiger partial charge in [0, 0.05) is 13.0 Å². The summed E-state index contributed by atoms with van der Waals surface area (Å²) < 4.78 is 13.6. The van der Waals surface area contributed by atoms with Gasteiger partial charge >= 0.3 is 0 Å². The first kappa shape index (κ1) is 24.3. The summed E-state index contributed by atoms with van der Waals surface area (Å²) in [4.78, 5) is 17.2. The second-order valence-electron chi connectivity index (χ2n) is 8.72. The minimum Gasteiger partial charge on any atom is -0.497 e. The van der Waals surface area contributed by atoms with Gasteiger partial charge in [0.05, 0.1) is 31.1 Å². The average Bonchev–Trinajstić information content (AvgIpc) is 3.21. The van der Waals surface area contributed by atoms with E-state index in [0.29, 0.717) is 26.1 Å². The number of nitrogens with zero attached hydrogens (tertiary/aromatic N) is 2. The molecule has 0 saturated heterocycles. The molecule has 1 amide bonds. The molecule has 0 aliphatic rings. The van der Waals surface area contributed by atoms with Gasteiger partial charge in [-0.3, -0.25) is 4.79 Å². The molecule has 3 aromatic carbocycles. The summed E-state index contributed by atoms with van der Waals surface area (Å²) in [5.41, 5.74) is 5.35. The number of aromatic nitrogens is 2. The monoisotopic (exact) mass is 471 g/mol. The van der Waals surface area contributed by atoms with Crippen molar-refractivity contribution in [3.05, 3.63) is 89.2 Å². The number of methoxy groups -OCH3 is 1. The van der Waals surface area contributed by atoms with Gasteiger partial charge in [0.1, 0.15) is 23.9 Å². The number of rotatable bonds is 11. The van der Waals surface area contributed by atoms with Crippen molar-refractivity contribution in [1.82, 2.24) is 14.9 Å². The number of hydrogen-bond donors (Lipinski definition) is 1. The van der Waals surface area contributed by atoms with Gasteiger partial charge < -0.3 is 19.4 Å². The summed E-state index contributed by atoms with van der Waals surface area (Å²) in [7, 11) is 1.63. The van der Waals surface area contributed by atoms with Gasteiger partial charge in [-0.15, -0.1) is 0 Å². The van der Waals surface area contributed by atoms with Gasteiger partial charge in [-0.05, 0) is 61.2 Å². The fourth-order valence-corrected chi connectivity index (χ4v) is 4.30. The third-order valence-corrected chi connectivity index (χ3v) is 6.13. The van der Waals surface area contributed by atoms with Crippen LogP contribution in [-0.2, 0) is 24.2 Å². The van der Waals surface area contributed by atoms with Crippen LogP contribution in [0.1, 0.15) is 28.9 Å². The van der Waals surface area contributed by atoms with Gasteiger partial charge in [0.2, 0.25) is 5.91 Å².